The second-order valence-electron chi connectivity index (χ2n) is 0.400. The van der Waals surface area contributed by atoms with E-state index in [1.54, 1.807) is 0 Å². The van der Waals surface area contributed by atoms with E-state index in [0.717, 1.165) is 0 Å². The SMILES string of the molecule is O=C(O)O.[K+].[NH-]C=O. The standard InChI is InChI=1S/CH3NO.CH2O3.K/c2-1-3;2-1(3)4;/h1H,(H2,2,3);(H2,2,3,4);/q;;+1/p-1. The van der Waals surface area contributed by atoms with E-state index in [-0.39, 0.29) is 57.8 Å². The maximum atomic E-state index is 8.56. The maximum absolute atomic E-state index is 8.56. The number of hydrogen-bond acceptors (Lipinski definition) is 2. The summed E-state index contributed by atoms with van der Waals surface area (Å²) >= 11 is 0. The number of carboxylic acid groups (broad SMARTS) is 2. The quantitative estimate of drug-likeness (QED) is 0.289. The summed E-state index contributed by atoms with van der Waals surface area (Å²) < 4.78 is 0. The minimum Gasteiger partial charge on any atom is -0.671 e. The number of amides is 1. The fourth-order valence-corrected chi connectivity index (χ4v) is 0. The van der Waals surface area contributed by atoms with Crippen LogP contribution in [0.3, 0.4) is 0 Å². The molecule has 0 fully saturated rings. The molecule has 0 saturated carbocycles. The van der Waals surface area contributed by atoms with Gasteiger partial charge in [0.05, 0.1) is 0 Å². The normalized spacial score (nSPS) is 4.50. The van der Waals surface area contributed by atoms with Crippen molar-refractivity contribution >= 4 is 12.6 Å². The second kappa shape index (κ2) is 15.7. The van der Waals surface area contributed by atoms with Crippen LogP contribution < -0.4 is 51.4 Å². The Morgan fingerprint density at radius 1 is 1.50 bits per heavy atom. The first-order valence-electron chi connectivity index (χ1n) is 1.18. The molecule has 0 spiro atoms. The molecule has 0 saturated heterocycles. The molecular weight excluding hydrogens is 141 g/mol. The van der Waals surface area contributed by atoms with Crippen LogP contribution in [0.2, 0.25) is 0 Å². The van der Waals surface area contributed by atoms with Gasteiger partial charge in [-0.1, -0.05) is 0 Å². The third-order valence-corrected chi connectivity index (χ3v) is 0. The third kappa shape index (κ3) is 1300. The molecule has 0 heterocycles. The molecule has 0 atom stereocenters. The van der Waals surface area contributed by atoms with Crippen LogP contribution in [0.25, 0.3) is 5.73 Å². The molecule has 0 aromatic rings. The minimum atomic E-state index is -1.83. The fourth-order valence-electron chi connectivity index (χ4n) is 0. The van der Waals surface area contributed by atoms with Gasteiger partial charge in [-0.2, -0.15) is 0 Å². The average molecular weight is 145 g/mol. The zero-order valence-corrected chi connectivity index (χ0v) is 7.41. The fraction of sp³-hybridized carbons (Fsp3) is 0. The van der Waals surface area contributed by atoms with Gasteiger partial charge in [0, 0.05) is 6.41 Å². The Morgan fingerprint density at radius 2 is 1.50 bits per heavy atom. The number of carbonyl (C=O) groups is 2. The monoisotopic (exact) mass is 145 g/mol. The molecule has 5 nitrogen and oxygen atoms in total. The van der Waals surface area contributed by atoms with Crippen molar-refractivity contribution in [3.63, 3.8) is 0 Å². The molecule has 0 unspecified atom stereocenters. The summed E-state index contributed by atoms with van der Waals surface area (Å²) in [5, 5.41) is 13.9. The Labute approximate surface area is 88.3 Å². The van der Waals surface area contributed by atoms with Gasteiger partial charge in [0.15, 0.2) is 0 Å². The van der Waals surface area contributed by atoms with E-state index in [1.807, 2.05) is 0 Å². The van der Waals surface area contributed by atoms with Crippen molar-refractivity contribution in [2.45, 2.75) is 0 Å². The van der Waals surface area contributed by atoms with Crippen LogP contribution in [-0.4, -0.2) is 22.8 Å². The average Bonchev–Trinajstić information content (AvgIpc) is 1.33. The Balaban J connectivity index is -0.0000000575. The van der Waals surface area contributed by atoms with Crippen molar-refractivity contribution in [3.8, 4) is 0 Å². The molecule has 6 heteroatoms. The molecule has 1 amide bonds. The third-order valence-electron chi connectivity index (χ3n) is 0. The van der Waals surface area contributed by atoms with E-state index in [0.29, 0.717) is 0 Å². The van der Waals surface area contributed by atoms with Crippen molar-refractivity contribution in [2.24, 2.45) is 0 Å². The molecule has 42 valence electrons. The number of hydrogen-bond donors (Lipinski definition) is 2. The maximum Gasteiger partial charge on any atom is 1.00 e. The van der Waals surface area contributed by atoms with Crippen LogP contribution in [0.1, 0.15) is 0 Å². The van der Waals surface area contributed by atoms with Crippen LogP contribution in [0.5, 0.6) is 0 Å². The summed E-state index contributed by atoms with van der Waals surface area (Å²) in [6, 6.07) is 0. The van der Waals surface area contributed by atoms with Gasteiger partial charge in [0.1, 0.15) is 0 Å². The number of carbonyl (C=O) groups excluding carboxylic acids is 1. The summed E-state index contributed by atoms with van der Waals surface area (Å²) in [7, 11) is 0. The van der Waals surface area contributed by atoms with E-state index >= 15 is 0 Å². The van der Waals surface area contributed by atoms with Crippen LogP contribution >= 0.6 is 0 Å². The molecule has 3 N–H and O–H groups in total. The summed E-state index contributed by atoms with van der Waals surface area (Å²) in [5.41, 5.74) is 5.53. The van der Waals surface area contributed by atoms with Gasteiger partial charge in [0.2, 0.25) is 0 Å². The summed E-state index contributed by atoms with van der Waals surface area (Å²) in [6.07, 6.45) is -1.83. The molecule has 0 radical (unpaired) electrons. The second-order valence-corrected chi connectivity index (χ2v) is 0.400. The van der Waals surface area contributed by atoms with Gasteiger partial charge in [-0.25, -0.2) is 4.79 Å². The van der Waals surface area contributed by atoms with Crippen molar-refractivity contribution in [2.75, 3.05) is 0 Å². The van der Waals surface area contributed by atoms with Crippen LogP contribution in [0.4, 0.5) is 4.79 Å². The predicted molar refractivity (Wildman–Crippen MR) is 21.0 cm³/mol. The zero-order chi connectivity index (χ0) is 6.28. The van der Waals surface area contributed by atoms with Gasteiger partial charge in [-0.3, -0.25) is 0 Å². The van der Waals surface area contributed by atoms with E-state index < -0.39 is 6.16 Å². The summed E-state index contributed by atoms with van der Waals surface area (Å²) in [5.74, 6) is 0. The minimum absolute atomic E-state index is 0. The van der Waals surface area contributed by atoms with E-state index in [2.05, 4.69) is 0 Å². The van der Waals surface area contributed by atoms with Crippen molar-refractivity contribution < 1.29 is 71.2 Å². The molecule has 0 rings (SSSR count). The first-order valence-corrected chi connectivity index (χ1v) is 1.18. The largest absolute Gasteiger partial charge is 1.00 e. The molecule has 0 bridgehead atoms. The molecule has 0 aromatic carbocycles. The van der Waals surface area contributed by atoms with Crippen molar-refractivity contribution in [1.82, 2.24) is 0 Å². The Kier molecular flexibility index (Phi) is 30.9. The van der Waals surface area contributed by atoms with Gasteiger partial charge >= 0.3 is 57.5 Å². The van der Waals surface area contributed by atoms with Crippen molar-refractivity contribution in [3.05, 3.63) is 5.73 Å². The number of rotatable bonds is 0. The Hall–Kier alpha value is 0.376. The molecule has 0 aliphatic rings. The van der Waals surface area contributed by atoms with E-state index in [1.165, 1.54) is 0 Å². The van der Waals surface area contributed by atoms with E-state index in [4.69, 9.17) is 25.5 Å². The first kappa shape index (κ1) is 15.8. The zero-order valence-electron chi connectivity index (χ0n) is 4.29. The summed E-state index contributed by atoms with van der Waals surface area (Å²) in [6.45, 7) is 0. The molecule has 8 heavy (non-hydrogen) atoms. The smallest absolute Gasteiger partial charge is 0.671 e. The first-order chi connectivity index (χ1) is 3.15. The van der Waals surface area contributed by atoms with Gasteiger partial charge in [-0.15, -0.1) is 0 Å². The van der Waals surface area contributed by atoms with Crippen LogP contribution in [0.15, 0.2) is 0 Å². The Bertz CT molecular complexity index is 61.1. The molecule has 0 aliphatic carbocycles. The Morgan fingerprint density at radius 3 is 1.50 bits per heavy atom. The van der Waals surface area contributed by atoms with Gasteiger partial charge < -0.3 is 20.7 Å². The molecule has 0 aliphatic heterocycles. The van der Waals surface area contributed by atoms with Gasteiger partial charge in [-0.05, 0) is 0 Å². The van der Waals surface area contributed by atoms with Gasteiger partial charge in [0.25, 0.3) is 0 Å². The number of nitrogens with one attached hydrogen (secondary N) is 1. The van der Waals surface area contributed by atoms with E-state index in [9.17, 15) is 0 Å². The topological polar surface area (TPSA) is 98.4 Å². The summed E-state index contributed by atoms with van der Waals surface area (Å²) in [4.78, 5) is 17.0. The van der Waals surface area contributed by atoms with Crippen LogP contribution in [-0.2, 0) is 4.79 Å². The van der Waals surface area contributed by atoms with Crippen LogP contribution in [0, 0.1) is 0 Å². The molecular formula is C2H4KNO4. The molecule has 0 aromatic heterocycles. The predicted octanol–water partition coefficient (Wildman–Crippen LogP) is -2.58. The van der Waals surface area contributed by atoms with Crippen molar-refractivity contribution in [1.29, 1.82) is 0 Å².